The summed E-state index contributed by atoms with van der Waals surface area (Å²) in [6, 6.07) is 12.4. The molecule has 0 fully saturated rings. The van der Waals surface area contributed by atoms with Gasteiger partial charge in [-0.3, -0.25) is 9.59 Å². The maximum Gasteiger partial charge on any atom is 0.251 e. The van der Waals surface area contributed by atoms with E-state index in [1.165, 1.54) is 0 Å². The number of fused-ring (bicyclic) bond motifs is 1. The number of nitrogens with one attached hydrogen (secondary N) is 2. The molecule has 30 heavy (non-hydrogen) atoms. The Labute approximate surface area is 177 Å². The molecule has 7 heteroatoms. The Hall–Kier alpha value is -3.06. The smallest absolute Gasteiger partial charge is 0.251 e. The third kappa shape index (κ3) is 5.97. The Morgan fingerprint density at radius 2 is 1.83 bits per heavy atom. The van der Waals surface area contributed by atoms with E-state index < -0.39 is 0 Å². The van der Waals surface area contributed by atoms with E-state index in [4.69, 9.17) is 9.47 Å². The zero-order valence-electron chi connectivity index (χ0n) is 18.0. The Balaban J connectivity index is 1.57. The van der Waals surface area contributed by atoms with E-state index in [-0.39, 0.29) is 30.4 Å². The summed E-state index contributed by atoms with van der Waals surface area (Å²) in [5, 5.41) is 5.85. The zero-order chi connectivity index (χ0) is 21.7. The number of amides is 2. The second-order valence-electron chi connectivity index (χ2n) is 8.58. The molecular formula is C23H29N3O4. The van der Waals surface area contributed by atoms with Crippen LogP contribution in [0.25, 0.3) is 0 Å². The van der Waals surface area contributed by atoms with Gasteiger partial charge < -0.3 is 25.0 Å². The molecule has 0 aromatic heterocycles. The summed E-state index contributed by atoms with van der Waals surface area (Å²) in [5.41, 5.74) is 1.92. The lowest BCUT2D eigenvalue weighted by molar-refractivity contribution is -0.115. The molecule has 0 radical (unpaired) electrons. The summed E-state index contributed by atoms with van der Waals surface area (Å²) in [5.74, 6) is 0.975. The summed E-state index contributed by atoms with van der Waals surface area (Å²) < 4.78 is 10.6. The number of carbonyl (C=O) groups excluding carboxylic acids is 2. The molecule has 0 saturated heterocycles. The van der Waals surface area contributed by atoms with Crippen LogP contribution in [0.4, 0.5) is 5.69 Å². The lowest BCUT2D eigenvalue weighted by Crippen LogP contribution is -2.40. The van der Waals surface area contributed by atoms with Crippen molar-refractivity contribution >= 4 is 17.5 Å². The van der Waals surface area contributed by atoms with E-state index in [1.807, 2.05) is 20.2 Å². The van der Waals surface area contributed by atoms with Crippen molar-refractivity contribution in [2.45, 2.75) is 20.3 Å². The van der Waals surface area contributed by atoms with Crippen LogP contribution in [0.5, 0.6) is 11.5 Å². The molecule has 160 valence electrons. The molecule has 0 spiro atoms. The highest BCUT2D eigenvalue weighted by molar-refractivity contribution is 5.95. The van der Waals surface area contributed by atoms with Crippen LogP contribution < -0.4 is 20.1 Å². The topological polar surface area (TPSA) is 79.9 Å². The molecule has 3 rings (SSSR count). The third-order valence-corrected chi connectivity index (χ3v) is 4.68. The molecule has 1 aliphatic rings. The number of carbonyl (C=O) groups is 2. The fourth-order valence-electron chi connectivity index (χ4n) is 3.52. The molecule has 2 N–H and O–H groups in total. The van der Waals surface area contributed by atoms with Gasteiger partial charge in [-0.25, -0.2) is 0 Å². The Morgan fingerprint density at radius 3 is 2.60 bits per heavy atom. The predicted octanol–water partition coefficient (Wildman–Crippen LogP) is 2.91. The van der Waals surface area contributed by atoms with Crippen LogP contribution in [0.1, 0.15) is 29.8 Å². The monoisotopic (exact) mass is 411 g/mol. The predicted molar refractivity (Wildman–Crippen MR) is 116 cm³/mol. The van der Waals surface area contributed by atoms with E-state index in [0.717, 1.165) is 12.1 Å². The molecule has 0 saturated carbocycles. The average molecular weight is 412 g/mol. The van der Waals surface area contributed by atoms with Crippen molar-refractivity contribution in [1.82, 2.24) is 10.2 Å². The van der Waals surface area contributed by atoms with E-state index in [2.05, 4.69) is 29.4 Å². The third-order valence-electron chi connectivity index (χ3n) is 4.68. The van der Waals surface area contributed by atoms with Gasteiger partial charge in [0.05, 0.1) is 6.42 Å². The van der Waals surface area contributed by atoms with E-state index >= 15 is 0 Å². The van der Waals surface area contributed by atoms with Crippen molar-refractivity contribution < 1.29 is 19.1 Å². The largest absolute Gasteiger partial charge is 0.454 e. The first-order valence-electron chi connectivity index (χ1n) is 9.93. The van der Waals surface area contributed by atoms with E-state index in [0.29, 0.717) is 29.3 Å². The Bertz CT molecular complexity index is 924. The van der Waals surface area contributed by atoms with Gasteiger partial charge in [-0.2, -0.15) is 0 Å². The van der Waals surface area contributed by atoms with Crippen molar-refractivity contribution in [2.24, 2.45) is 5.41 Å². The molecular weight excluding hydrogens is 382 g/mol. The van der Waals surface area contributed by atoms with Crippen molar-refractivity contribution in [1.29, 1.82) is 0 Å². The normalized spacial score (nSPS) is 12.7. The molecule has 0 bridgehead atoms. The minimum absolute atomic E-state index is 0.0404. The second kappa shape index (κ2) is 9.17. The summed E-state index contributed by atoms with van der Waals surface area (Å²) >= 11 is 0. The van der Waals surface area contributed by atoms with Crippen LogP contribution in [0.3, 0.4) is 0 Å². The van der Waals surface area contributed by atoms with Crippen molar-refractivity contribution in [3.63, 3.8) is 0 Å². The van der Waals surface area contributed by atoms with Crippen LogP contribution in [-0.4, -0.2) is 50.7 Å². The number of benzene rings is 2. The number of rotatable bonds is 8. The van der Waals surface area contributed by atoms with E-state index in [1.54, 1.807) is 36.4 Å². The quantitative estimate of drug-likeness (QED) is 0.698. The molecule has 2 aromatic carbocycles. The van der Waals surface area contributed by atoms with Crippen LogP contribution in [0.2, 0.25) is 0 Å². The molecule has 2 aromatic rings. The second-order valence-corrected chi connectivity index (χ2v) is 8.58. The van der Waals surface area contributed by atoms with Crippen molar-refractivity contribution in [2.75, 3.05) is 39.3 Å². The molecule has 0 atom stereocenters. The fraction of sp³-hybridized carbons (Fsp3) is 0.391. The Kier molecular flexibility index (Phi) is 6.62. The van der Waals surface area contributed by atoms with Gasteiger partial charge in [0.25, 0.3) is 5.91 Å². The summed E-state index contributed by atoms with van der Waals surface area (Å²) in [4.78, 5) is 27.1. The maximum atomic E-state index is 12.6. The first kappa shape index (κ1) is 21.6. The van der Waals surface area contributed by atoms with Gasteiger partial charge in [-0.15, -0.1) is 0 Å². The van der Waals surface area contributed by atoms with Crippen LogP contribution in [0, 0.1) is 5.41 Å². The summed E-state index contributed by atoms with van der Waals surface area (Å²) in [6.07, 6.45) is 0.168. The van der Waals surface area contributed by atoms with Gasteiger partial charge in [0.1, 0.15) is 0 Å². The lowest BCUT2D eigenvalue weighted by Gasteiger charge is -2.28. The maximum absolute atomic E-state index is 12.6. The number of anilines is 1. The summed E-state index contributed by atoms with van der Waals surface area (Å²) in [6.45, 7) is 5.86. The van der Waals surface area contributed by atoms with Crippen LogP contribution in [0.15, 0.2) is 42.5 Å². The number of hydrogen-bond acceptors (Lipinski definition) is 5. The molecule has 0 unspecified atom stereocenters. The molecule has 1 aliphatic heterocycles. The average Bonchev–Trinajstić information content (AvgIpc) is 3.13. The van der Waals surface area contributed by atoms with Crippen LogP contribution in [-0.2, 0) is 11.2 Å². The Morgan fingerprint density at radius 1 is 1.07 bits per heavy atom. The van der Waals surface area contributed by atoms with Gasteiger partial charge in [0.15, 0.2) is 11.5 Å². The number of hydrogen-bond donors (Lipinski definition) is 2. The first-order valence-corrected chi connectivity index (χ1v) is 9.93. The van der Waals surface area contributed by atoms with Gasteiger partial charge in [0.2, 0.25) is 12.7 Å². The highest BCUT2D eigenvalue weighted by Gasteiger charge is 2.20. The summed E-state index contributed by atoms with van der Waals surface area (Å²) in [7, 11) is 4.03. The van der Waals surface area contributed by atoms with E-state index in [9.17, 15) is 9.59 Å². The molecule has 7 nitrogen and oxygen atoms in total. The van der Waals surface area contributed by atoms with Crippen LogP contribution >= 0.6 is 0 Å². The fourth-order valence-corrected chi connectivity index (χ4v) is 3.52. The van der Waals surface area contributed by atoms with Gasteiger partial charge >= 0.3 is 0 Å². The highest BCUT2D eigenvalue weighted by atomic mass is 16.7. The zero-order valence-corrected chi connectivity index (χ0v) is 18.0. The molecule has 1 heterocycles. The first-order chi connectivity index (χ1) is 14.2. The van der Waals surface area contributed by atoms with Crippen molar-refractivity contribution in [3.05, 3.63) is 53.6 Å². The minimum atomic E-state index is -0.168. The minimum Gasteiger partial charge on any atom is -0.454 e. The molecule has 2 amide bonds. The standard InChI is InChI=1S/C23H29N3O4/c1-23(2,14-26(3)4)13-24-22(28)17-7-5-6-16(10-17)11-21(27)25-18-8-9-19-20(12-18)30-15-29-19/h5-10,12H,11,13-15H2,1-4H3,(H,24,28)(H,25,27). The lowest BCUT2D eigenvalue weighted by atomic mass is 9.93. The van der Waals surface area contributed by atoms with Crippen molar-refractivity contribution in [3.8, 4) is 11.5 Å². The van der Waals surface area contributed by atoms with Gasteiger partial charge in [-0.1, -0.05) is 26.0 Å². The SMILES string of the molecule is CN(C)CC(C)(C)CNC(=O)c1cccc(CC(=O)Nc2ccc3c(c2)OCO3)c1. The van der Waals surface area contributed by atoms with Gasteiger partial charge in [0, 0.05) is 30.4 Å². The number of ether oxygens (including phenoxy) is 2. The van der Waals surface area contributed by atoms with Gasteiger partial charge in [-0.05, 0) is 49.3 Å². The number of nitrogens with zero attached hydrogens (tertiary/aromatic N) is 1. The highest BCUT2D eigenvalue weighted by Crippen LogP contribution is 2.34. The molecule has 0 aliphatic carbocycles.